The van der Waals surface area contributed by atoms with Gasteiger partial charge in [-0.1, -0.05) is 0 Å². The van der Waals surface area contributed by atoms with E-state index in [0.29, 0.717) is 5.56 Å². The van der Waals surface area contributed by atoms with Crippen LogP contribution < -0.4 is 5.73 Å². The van der Waals surface area contributed by atoms with Crippen LogP contribution in [0.1, 0.15) is 28.1 Å². The number of nitrogens with two attached hydrogens (primary N) is 1. The van der Waals surface area contributed by atoms with E-state index in [0.717, 1.165) is 30.8 Å². The lowest BCUT2D eigenvalue weighted by Crippen LogP contribution is -2.31. The van der Waals surface area contributed by atoms with Crippen molar-refractivity contribution in [1.29, 1.82) is 0 Å². The molecule has 0 aliphatic carbocycles. The first-order valence-electron chi connectivity index (χ1n) is 5.43. The van der Waals surface area contributed by atoms with Gasteiger partial charge in [-0.2, -0.15) is 0 Å². The number of likely N-dealkylation sites (tertiary alicyclic amines) is 1. The maximum atomic E-state index is 10.9. The van der Waals surface area contributed by atoms with Gasteiger partial charge in [-0.05, 0) is 25.5 Å². The van der Waals surface area contributed by atoms with E-state index in [-0.39, 0.29) is 18.6 Å². The van der Waals surface area contributed by atoms with Crippen molar-refractivity contribution in [3.8, 4) is 0 Å². The zero-order chi connectivity index (χ0) is 11.5. The molecular formula is C11H16N2O2S. The quantitative estimate of drug-likeness (QED) is 0.818. The molecule has 1 atom stereocenters. The zero-order valence-electron chi connectivity index (χ0n) is 9.06. The molecule has 1 amide bonds. The summed E-state index contributed by atoms with van der Waals surface area (Å²) in [5.74, 6) is -0.373. The first-order valence-corrected chi connectivity index (χ1v) is 6.31. The number of primary amides is 1. The van der Waals surface area contributed by atoms with E-state index < -0.39 is 0 Å². The molecule has 88 valence electrons. The SMILES string of the molecule is NC(=O)c1csc(CN2CCC[C@H]2CO)c1. The van der Waals surface area contributed by atoms with Crippen molar-refractivity contribution in [3.05, 3.63) is 21.9 Å². The predicted octanol–water partition coefficient (Wildman–Crippen LogP) is 0.804. The van der Waals surface area contributed by atoms with Crippen LogP contribution in [0.5, 0.6) is 0 Å². The van der Waals surface area contributed by atoms with Gasteiger partial charge in [0.1, 0.15) is 0 Å². The van der Waals surface area contributed by atoms with Crippen LogP contribution >= 0.6 is 11.3 Å². The fraction of sp³-hybridized carbons (Fsp3) is 0.545. The summed E-state index contributed by atoms with van der Waals surface area (Å²) < 4.78 is 0. The fourth-order valence-corrected chi connectivity index (χ4v) is 3.00. The molecule has 1 aliphatic heterocycles. The van der Waals surface area contributed by atoms with Crippen LogP contribution in [0.4, 0.5) is 0 Å². The lowest BCUT2D eigenvalue weighted by Gasteiger charge is -2.21. The largest absolute Gasteiger partial charge is 0.395 e. The Morgan fingerprint density at radius 1 is 1.69 bits per heavy atom. The molecule has 5 heteroatoms. The lowest BCUT2D eigenvalue weighted by molar-refractivity contribution is 0.100. The summed E-state index contributed by atoms with van der Waals surface area (Å²) in [6.07, 6.45) is 2.20. The molecule has 0 radical (unpaired) electrons. The molecule has 1 aromatic rings. The van der Waals surface area contributed by atoms with Crippen molar-refractivity contribution in [1.82, 2.24) is 4.90 Å². The third-order valence-corrected chi connectivity index (χ3v) is 3.93. The standard InChI is InChI=1S/C11H16N2O2S/c12-11(15)8-4-10(16-7-8)5-13-3-1-2-9(13)6-14/h4,7,9,14H,1-3,5-6H2,(H2,12,15)/t9-/m0/s1. The molecule has 2 rings (SSSR count). The van der Waals surface area contributed by atoms with Crippen molar-refractivity contribution >= 4 is 17.2 Å². The second-order valence-electron chi connectivity index (χ2n) is 4.12. The van der Waals surface area contributed by atoms with Gasteiger partial charge in [-0.15, -0.1) is 11.3 Å². The van der Waals surface area contributed by atoms with E-state index in [9.17, 15) is 9.90 Å². The van der Waals surface area contributed by atoms with Crippen molar-refractivity contribution in [2.24, 2.45) is 5.73 Å². The highest BCUT2D eigenvalue weighted by Gasteiger charge is 2.24. The van der Waals surface area contributed by atoms with Crippen LogP contribution in [-0.4, -0.2) is 35.1 Å². The summed E-state index contributed by atoms with van der Waals surface area (Å²) >= 11 is 1.55. The van der Waals surface area contributed by atoms with E-state index in [4.69, 9.17) is 5.73 Å². The molecule has 16 heavy (non-hydrogen) atoms. The van der Waals surface area contributed by atoms with Gasteiger partial charge in [0.05, 0.1) is 12.2 Å². The predicted molar refractivity (Wildman–Crippen MR) is 63.4 cm³/mol. The van der Waals surface area contributed by atoms with Gasteiger partial charge in [-0.3, -0.25) is 9.69 Å². The minimum atomic E-state index is -0.373. The third kappa shape index (κ3) is 2.42. The number of hydrogen-bond acceptors (Lipinski definition) is 4. The average Bonchev–Trinajstić information content (AvgIpc) is 2.87. The summed E-state index contributed by atoms with van der Waals surface area (Å²) in [6, 6.07) is 2.12. The Morgan fingerprint density at radius 2 is 2.50 bits per heavy atom. The molecule has 0 saturated carbocycles. The molecule has 1 saturated heterocycles. The van der Waals surface area contributed by atoms with Crippen LogP contribution in [0.15, 0.2) is 11.4 Å². The van der Waals surface area contributed by atoms with Crippen molar-refractivity contribution in [2.45, 2.75) is 25.4 Å². The Bertz CT molecular complexity index is 378. The van der Waals surface area contributed by atoms with Gasteiger partial charge in [-0.25, -0.2) is 0 Å². The first kappa shape index (κ1) is 11.6. The van der Waals surface area contributed by atoms with Crippen LogP contribution in [0.3, 0.4) is 0 Å². The van der Waals surface area contributed by atoms with Crippen LogP contribution in [-0.2, 0) is 6.54 Å². The Morgan fingerprint density at radius 3 is 3.12 bits per heavy atom. The summed E-state index contributed by atoms with van der Waals surface area (Å²) in [6.45, 7) is 2.05. The molecule has 0 bridgehead atoms. The molecule has 1 aliphatic rings. The Kier molecular flexibility index (Phi) is 3.58. The van der Waals surface area contributed by atoms with Gasteiger partial charge in [0.25, 0.3) is 0 Å². The van der Waals surface area contributed by atoms with Gasteiger partial charge in [0, 0.05) is 22.8 Å². The van der Waals surface area contributed by atoms with E-state index in [1.807, 2.05) is 6.07 Å². The number of aliphatic hydroxyl groups is 1. The van der Waals surface area contributed by atoms with E-state index in [1.165, 1.54) is 0 Å². The molecule has 1 aromatic heterocycles. The second-order valence-corrected chi connectivity index (χ2v) is 5.11. The minimum absolute atomic E-state index is 0.216. The smallest absolute Gasteiger partial charge is 0.249 e. The monoisotopic (exact) mass is 240 g/mol. The number of nitrogens with zero attached hydrogens (tertiary/aromatic N) is 1. The number of rotatable bonds is 4. The normalized spacial score (nSPS) is 21.4. The molecule has 3 N–H and O–H groups in total. The van der Waals surface area contributed by atoms with Crippen molar-refractivity contribution in [2.75, 3.05) is 13.2 Å². The maximum absolute atomic E-state index is 10.9. The number of carbonyl (C=O) groups is 1. The molecule has 0 aromatic carbocycles. The fourth-order valence-electron chi connectivity index (χ4n) is 2.10. The molecular weight excluding hydrogens is 224 g/mol. The number of aliphatic hydroxyl groups excluding tert-OH is 1. The van der Waals surface area contributed by atoms with Crippen molar-refractivity contribution < 1.29 is 9.90 Å². The summed E-state index contributed by atoms with van der Waals surface area (Å²) in [5, 5.41) is 11.0. The highest BCUT2D eigenvalue weighted by atomic mass is 32.1. The number of carbonyl (C=O) groups excluding carboxylic acids is 1. The summed E-state index contributed by atoms with van der Waals surface area (Å²) in [4.78, 5) is 14.3. The Balaban J connectivity index is 2.00. The number of thiophene rings is 1. The lowest BCUT2D eigenvalue weighted by atomic mass is 10.2. The van der Waals surface area contributed by atoms with Crippen LogP contribution in [0, 0.1) is 0 Å². The highest BCUT2D eigenvalue weighted by Crippen LogP contribution is 2.23. The Labute approximate surface area is 98.7 Å². The first-order chi connectivity index (χ1) is 7.70. The molecule has 0 unspecified atom stereocenters. The highest BCUT2D eigenvalue weighted by molar-refractivity contribution is 7.10. The summed E-state index contributed by atoms with van der Waals surface area (Å²) in [7, 11) is 0. The molecule has 4 nitrogen and oxygen atoms in total. The number of hydrogen-bond donors (Lipinski definition) is 2. The summed E-state index contributed by atoms with van der Waals surface area (Å²) in [5.41, 5.74) is 5.79. The molecule has 2 heterocycles. The second kappa shape index (κ2) is 4.95. The van der Waals surface area contributed by atoms with E-state index >= 15 is 0 Å². The Hall–Kier alpha value is -0.910. The molecule has 1 fully saturated rings. The molecule has 0 spiro atoms. The van der Waals surface area contributed by atoms with E-state index in [2.05, 4.69) is 4.90 Å². The number of amides is 1. The van der Waals surface area contributed by atoms with Crippen molar-refractivity contribution in [3.63, 3.8) is 0 Å². The zero-order valence-corrected chi connectivity index (χ0v) is 9.87. The van der Waals surface area contributed by atoms with Gasteiger partial charge >= 0.3 is 0 Å². The van der Waals surface area contributed by atoms with Gasteiger partial charge in [0.2, 0.25) is 5.91 Å². The minimum Gasteiger partial charge on any atom is -0.395 e. The topological polar surface area (TPSA) is 66.6 Å². The van der Waals surface area contributed by atoms with Gasteiger partial charge in [0.15, 0.2) is 0 Å². The third-order valence-electron chi connectivity index (χ3n) is 3.01. The maximum Gasteiger partial charge on any atom is 0.249 e. The average molecular weight is 240 g/mol. The van der Waals surface area contributed by atoms with Crippen LogP contribution in [0.25, 0.3) is 0 Å². The van der Waals surface area contributed by atoms with Gasteiger partial charge < -0.3 is 10.8 Å². The van der Waals surface area contributed by atoms with Crippen LogP contribution in [0.2, 0.25) is 0 Å². The van der Waals surface area contributed by atoms with E-state index in [1.54, 1.807) is 16.7 Å².